The molecule has 10 heteroatoms. The predicted molar refractivity (Wildman–Crippen MR) is 132 cm³/mol. The van der Waals surface area contributed by atoms with Crippen molar-refractivity contribution in [3.8, 4) is 11.5 Å². The van der Waals surface area contributed by atoms with Gasteiger partial charge < -0.3 is 19.7 Å². The number of carbonyl (C=O) groups excluding carboxylic acids is 1. The Morgan fingerprint density at radius 3 is 2.47 bits per heavy atom. The van der Waals surface area contributed by atoms with Gasteiger partial charge in [-0.25, -0.2) is 4.79 Å². The van der Waals surface area contributed by atoms with Gasteiger partial charge >= 0.3 is 6.03 Å². The number of nitro groups is 1. The Hall–Kier alpha value is -3.49. The van der Waals surface area contributed by atoms with Crippen molar-refractivity contribution < 1.29 is 19.2 Å². The second kappa shape index (κ2) is 11.6. The van der Waals surface area contributed by atoms with Crippen LogP contribution in [0.2, 0.25) is 10.0 Å². The molecule has 0 saturated heterocycles. The standard InChI is InChI=1S/C24H23Cl2N3O5/c1-33-19-9-10-21(23(14-19)34-2)27-24(30)28(12-11-16-7-8-18(25)13-20(16)26)15-17-5-3-4-6-22(17)29(31)32/h3-10,13-14H,11-12,15H2,1-2H3,(H,27,30). The first-order valence-corrected chi connectivity index (χ1v) is 11.0. The van der Waals surface area contributed by atoms with E-state index in [0.29, 0.717) is 39.2 Å². The molecule has 0 aliphatic rings. The molecule has 3 rings (SSSR count). The van der Waals surface area contributed by atoms with Gasteiger partial charge in [-0.3, -0.25) is 10.1 Å². The van der Waals surface area contributed by atoms with Crippen LogP contribution in [-0.2, 0) is 13.0 Å². The molecule has 0 radical (unpaired) electrons. The van der Waals surface area contributed by atoms with Crippen molar-refractivity contribution in [1.29, 1.82) is 0 Å². The van der Waals surface area contributed by atoms with Gasteiger partial charge in [0.25, 0.3) is 5.69 Å². The molecule has 0 aromatic heterocycles. The van der Waals surface area contributed by atoms with Crippen LogP contribution in [0, 0.1) is 10.1 Å². The number of amides is 2. The Morgan fingerprint density at radius 2 is 1.79 bits per heavy atom. The van der Waals surface area contributed by atoms with Crippen LogP contribution in [0.1, 0.15) is 11.1 Å². The van der Waals surface area contributed by atoms with E-state index >= 15 is 0 Å². The highest BCUT2D eigenvalue weighted by molar-refractivity contribution is 6.35. The van der Waals surface area contributed by atoms with E-state index in [0.717, 1.165) is 5.56 Å². The minimum Gasteiger partial charge on any atom is -0.497 e. The van der Waals surface area contributed by atoms with E-state index in [4.69, 9.17) is 32.7 Å². The average molecular weight is 504 g/mol. The van der Waals surface area contributed by atoms with E-state index in [9.17, 15) is 14.9 Å². The van der Waals surface area contributed by atoms with Crippen LogP contribution in [-0.4, -0.2) is 36.6 Å². The van der Waals surface area contributed by atoms with Gasteiger partial charge in [-0.05, 0) is 36.2 Å². The van der Waals surface area contributed by atoms with Crippen molar-refractivity contribution >= 4 is 40.6 Å². The SMILES string of the molecule is COc1ccc(NC(=O)N(CCc2ccc(Cl)cc2Cl)Cc2ccccc2[N+](=O)[O-])c(OC)c1. The lowest BCUT2D eigenvalue weighted by molar-refractivity contribution is -0.385. The molecule has 0 heterocycles. The third-order valence-corrected chi connectivity index (χ3v) is 5.74. The number of ether oxygens (including phenoxy) is 2. The van der Waals surface area contributed by atoms with E-state index in [2.05, 4.69) is 5.32 Å². The Labute approximate surface area is 207 Å². The minimum atomic E-state index is -0.464. The zero-order valence-electron chi connectivity index (χ0n) is 18.6. The number of hydrogen-bond donors (Lipinski definition) is 1. The van der Waals surface area contributed by atoms with E-state index in [-0.39, 0.29) is 18.8 Å². The number of rotatable bonds is 9. The van der Waals surface area contributed by atoms with Gasteiger partial charge in [0.2, 0.25) is 0 Å². The molecule has 0 saturated carbocycles. The maximum Gasteiger partial charge on any atom is 0.322 e. The van der Waals surface area contributed by atoms with E-state index in [1.807, 2.05) is 0 Å². The number of nitrogens with one attached hydrogen (secondary N) is 1. The summed E-state index contributed by atoms with van der Waals surface area (Å²) in [7, 11) is 3.02. The summed E-state index contributed by atoms with van der Waals surface area (Å²) in [6, 6.07) is 16.0. The quantitative estimate of drug-likeness (QED) is 0.277. The lowest BCUT2D eigenvalue weighted by atomic mass is 10.1. The van der Waals surface area contributed by atoms with Crippen LogP contribution >= 0.6 is 23.2 Å². The molecule has 3 aromatic rings. The highest BCUT2D eigenvalue weighted by Gasteiger charge is 2.21. The molecule has 178 valence electrons. The summed E-state index contributed by atoms with van der Waals surface area (Å²) in [6.45, 7) is 0.268. The third kappa shape index (κ3) is 6.30. The first-order valence-electron chi connectivity index (χ1n) is 10.3. The number of anilines is 1. The second-order valence-corrected chi connectivity index (χ2v) is 8.13. The molecule has 8 nitrogen and oxygen atoms in total. The number of nitro benzene ring substituents is 1. The highest BCUT2D eigenvalue weighted by Crippen LogP contribution is 2.30. The largest absolute Gasteiger partial charge is 0.497 e. The number of para-hydroxylation sites is 1. The van der Waals surface area contributed by atoms with E-state index in [1.165, 1.54) is 25.2 Å². The van der Waals surface area contributed by atoms with Crippen molar-refractivity contribution in [3.63, 3.8) is 0 Å². The zero-order valence-corrected chi connectivity index (χ0v) is 20.1. The molecular formula is C24H23Cl2N3O5. The molecule has 34 heavy (non-hydrogen) atoms. The zero-order chi connectivity index (χ0) is 24.7. The van der Waals surface area contributed by atoms with Gasteiger partial charge in [0.15, 0.2) is 0 Å². The van der Waals surface area contributed by atoms with Crippen LogP contribution in [0.4, 0.5) is 16.2 Å². The average Bonchev–Trinajstić information content (AvgIpc) is 2.82. The van der Waals surface area contributed by atoms with Gasteiger partial charge in [-0.1, -0.05) is 47.5 Å². The smallest absolute Gasteiger partial charge is 0.322 e. The van der Waals surface area contributed by atoms with Crippen LogP contribution in [0.3, 0.4) is 0 Å². The predicted octanol–water partition coefficient (Wildman–Crippen LogP) is 6.20. The molecule has 2 amide bonds. The molecule has 1 N–H and O–H groups in total. The second-order valence-electron chi connectivity index (χ2n) is 7.29. The third-order valence-electron chi connectivity index (χ3n) is 5.15. The molecule has 0 atom stereocenters. The van der Waals surface area contributed by atoms with Gasteiger partial charge in [0, 0.05) is 34.3 Å². The number of nitrogens with zero attached hydrogens (tertiary/aromatic N) is 2. The summed E-state index contributed by atoms with van der Waals surface area (Å²) >= 11 is 12.3. The maximum absolute atomic E-state index is 13.3. The number of urea groups is 1. The normalized spacial score (nSPS) is 10.5. The monoisotopic (exact) mass is 503 g/mol. The lowest BCUT2D eigenvalue weighted by Crippen LogP contribution is -2.36. The Balaban J connectivity index is 1.87. The number of methoxy groups -OCH3 is 2. The van der Waals surface area contributed by atoms with Crippen LogP contribution in [0.25, 0.3) is 0 Å². The number of halogens is 2. The van der Waals surface area contributed by atoms with Gasteiger partial charge in [0.05, 0.1) is 31.4 Å². The fourth-order valence-corrected chi connectivity index (χ4v) is 3.86. The van der Waals surface area contributed by atoms with Crippen LogP contribution < -0.4 is 14.8 Å². The van der Waals surface area contributed by atoms with Crippen molar-refractivity contribution in [1.82, 2.24) is 4.90 Å². The molecule has 0 aliphatic carbocycles. The fraction of sp³-hybridized carbons (Fsp3) is 0.208. The Morgan fingerprint density at radius 1 is 1.03 bits per heavy atom. The molecule has 0 unspecified atom stereocenters. The minimum absolute atomic E-state index is 0.0205. The lowest BCUT2D eigenvalue weighted by Gasteiger charge is -2.24. The fourth-order valence-electron chi connectivity index (χ4n) is 3.36. The Kier molecular flexibility index (Phi) is 8.56. The molecule has 0 fully saturated rings. The van der Waals surface area contributed by atoms with E-state index < -0.39 is 11.0 Å². The number of carbonyl (C=O) groups is 1. The topological polar surface area (TPSA) is 93.9 Å². The van der Waals surface area contributed by atoms with Gasteiger partial charge in [-0.15, -0.1) is 0 Å². The van der Waals surface area contributed by atoms with Crippen molar-refractivity contribution in [3.05, 3.63) is 92.0 Å². The first-order chi connectivity index (χ1) is 16.3. The summed E-state index contributed by atoms with van der Waals surface area (Å²) in [5.74, 6) is 0.989. The summed E-state index contributed by atoms with van der Waals surface area (Å²) < 4.78 is 10.6. The summed E-state index contributed by atoms with van der Waals surface area (Å²) in [6.07, 6.45) is 0.420. The number of hydrogen-bond acceptors (Lipinski definition) is 5. The van der Waals surface area contributed by atoms with Gasteiger partial charge in [0.1, 0.15) is 11.5 Å². The van der Waals surface area contributed by atoms with E-state index in [1.54, 1.807) is 54.6 Å². The molecule has 0 spiro atoms. The van der Waals surface area contributed by atoms with Gasteiger partial charge in [-0.2, -0.15) is 0 Å². The van der Waals surface area contributed by atoms with Crippen molar-refractivity contribution in [2.45, 2.75) is 13.0 Å². The molecule has 0 aliphatic heterocycles. The first kappa shape index (κ1) is 25.1. The summed E-state index contributed by atoms with van der Waals surface area (Å²) in [5, 5.41) is 15.3. The summed E-state index contributed by atoms with van der Waals surface area (Å²) in [5.41, 5.74) is 1.58. The van der Waals surface area contributed by atoms with Crippen LogP contribution in [0.15, 0.2) is 60.7 Å². The molecule has 0 bridgehead atoms. The summed E-state index contributed by atoms with van der Waals surface area (Å²) in [4.78, 5) is 25.8. The highest BCUT2D eigenvalue weighted by atomic mass is 35.5. The molecule has 3 aromatic carbocycles. The van der Waals surface area contributed by atoms with Crippen molar-refractivity contribution in [2.75, 3.05) is 26.1 Å². The maximum atomic E-state index is 13.3. The van der Waals surface area contributed by atoms with Crippen LogP contribution in [0.5, 0.6) is 11.5 Å². The Bertz CT molecular complexity index is 1190. The number of benzene rings is 3. The van der Waals surface area contributed by atoms with Crippen molar-refractivity contribution in [2.24, 2.45) is 0 Å². The molecular weight excluding hydrogens is 481 g/mol.